The van der Waals surface area contributed by atoms with Gasteiger partial charge in [0.25, 0.3) is 12.0 Å². The predicted octanol–water partition coefficient (Wildman–Crippen LogP) is 5.20. The molecule has 1 saturated heterocycles. The number of likely N-dealkylation sites (N-methyl/N-ethyl adjacent to an activating group) is 1. The number of hydrogen-bond acceptors (Lipinski definition) is 4. The van der Waals surface area contributed by atoms with Crippen LogP contribution >= 0.6 is 0 Å². The molecule has 36 heavy (non-hydrogen) atoms. The first kappa shape index (κ1) is 26.1. The second-order valence-corrected chi connectivity index (χ2v) is 12.4. The second kappa shape index (κ2) is 9.02. The molecule has 10 atom stereocenters. The summed E-state index contributed by atoms with van der Waals surface area (Å²) in [6, 6.07) is 0.963. The maximum atomic E-state index is 13.4. The number of ether oxygens (including phenoxy) is 1. The van der Waals surface area contributed by atoms with Crippen LogP contribution < -0.4 is 0 Å². The van der Waals surface area contributed by atoms with Crippen molar-refractivity contribution < 1.29 is 27.5 Å². The molecule has 1 spiro atoms. The van der Waals surface area contributed by atoms with E-state index in [4.69, 9.17) is 0 Å². The highest BCUT2D eigenvalue weighted by atomic mass is 19.4. The summed E-state index contributed by atoms with van der Waals surface area (Å²) in [6.45, 7) is 5.75. The Morgan fingerprint density at radius 3 is 2.47 bits per heavy atom. The largest absolute Gasteiger partial charge is 0.443 e. The summed E-state index contributed by atoms with van der Waals surface area (Å²) < 4.78 is 44.7. The summed E-state index contributed by atoms with van der Waals surface area (Å²) in [5.74, 6) is 1.11. The first-order chi connectivity index (χ1) is 16.9. The van der Waals surface area contributed by atoms with Gasteiger partial charge in [0.2, 0.25) is 0 Å². The number of allylic oxidation sites excluding steroid dienone is 1. The van der Waals surface area contributed by atoms with Crippen LogP contribution in [0.1, 0.15) is 72.1 Å². The standard InChI is InChI=1S/C28H41F3N2O3/c1-15-23-10-11-24-22-8-6-18-14-19(33(5)26(35)25(28(29,30)31)36-17(3)34)7-9-20(18)21(22)12-13-27(23,24)16(2)32(15)4/h6,15-16,19-25H,7-14H2,1-5H3/t15?,16-,19?,20?,21?,22?,23?,24?,25?,27?/m0/s1. The molecular formula is C28H41F3N2O3. The summed E-state index contributed by atoms with van der Waals surface area (Å²) in [4.78, 5) is 27.8. The van der Waals surface area contributed by atoms with Gasteiger partial charge >= 0.3 is 12.1 Å². The number of rotatable bonds is 3. The summed E-state index contributed by atoms with van der Waals surface area (Å²) >= 11 is 0. The van der Waals surface area contributed by atoms with Crippen molar-refractivity contribution in [1.82, 2.24) is 9.80 Å². The number of fused-ring (bicyclic) bond motifs is 4. The van der Waals surface area contributed by atoms with Crippen molar-refractivity contribution in [3.8, 4) is 0 Å². The van der Waals surface area contributed by atoms with E-state index in [0.717, 1.165) is 31.6 Å². The Kier molecular flexibility index (Phi) is 6.53. The molecule has 0 aromatic rings. The van der Waals surface area contributed by atoms with Crippen LogP contribution in [0.4, 0.5) is 13.2 Å². The van der Waals surface area contributed by atoms with E-state index in [1.165, 1.54) is 43.2 Å². The average Bonchev–Trinajstić information content (AvgIpc) is 3.31. The minimum absolute atomic E-state index is 0.299. The third kappa shape index (κ3) is 3.83. The molecule has 1 heterocycles. The van der Waals surface area contributed by atoms with Crippen molar-refractivity contribution in [2.24, 2.45) is 35.0 Å². The number of likely N-dealkylation sites (tertiary alicyclic amines) is 1. The first-order valence-electron chi connectivity index (χ1n) is 13.8. The highest BCUT2D eigenvalue weighted by molar-refractivity contribution is 5.84. The molecule has 202 valence electrons. The van der Waals surface area contributed by atoms with Crippen molar-refractivity contribution in [2.75, 3.05) is 14.1 Å². The molecule has 3 saturated carbocycles. The van der Waals surface area contributed by atoms with Crippen LogP contribution in [0.5, 0.6) is 0 Å². The molecule has 1 aliphatic heterocycles. The summed E-state index contributed by atoms with van der Waals surface area (Å²) in [7, 11) is 3.72. The number of halogens is 3. The molecule has 4 fully saturated rings. The van der Waals surface area contributed by atoms with Gasteiger partial charge in [0, 0.05) is 32.1 Å². The van der Waals surface area contributed by atoms with Gasteiger partial charge in [-0.2, -0.15) is 13.2 Å². The molecule has 5 nitrogen and oxygen atoms in total. The molecular weight excluding hydrogens is 469 g/mol. The molecule has 0 bridgehead atoms. The van der Waals surface area contributed by atoms with Crippen molar-refractivity contribution >= 4 is 11.9 Å². The van der Waals surface area contributed by atoms with Gasteiger partial charge in [0.1, 0.15) is 0 Å². The molecule has 0 N–H and O–H groups in total. The lowest BCUT2D eigenvalue weighted by molar-refractivity contribution is -0.223. The normalized spacial score (nSPS) is 42.9. The van der Waals surface area contributed by atoms with Gasteiger partial charge < -0.3 is 14.5 Å². The van der Waals surface area contributed by atoms with E-state index in [1.807, 2.05) is 0 Å². The van der Waals surface area contributed by atoms with Gasteiger partial charge in [-0.3, -0.25) is 9.59 Å². The van der Waals surface area contributed by atoms with Crippen LogP contribution in [0.2, 0.25) is 0 Å². The minimum Gasteiger partial charge on any atom is -0.443 e. The zero-order chi connectivity index (χ0) is 26.2. The highest BCUT2D eigenvalue weighted by Gasteiger charge is 2.65. The third-order valence-corrected chi connectivity index (χ3v) is 11.4. The average molecular weight is 511 g/mol. The zero-order valence-electron chi connectivity index (χ0n) is 22.2. The number of esters is 1. The molecule has 0 aromatic heterocycles. The smallest absolute Gasteiger partial charge is 0.434 e. The molecule has 1 amide bonds. The molecule has 5 rings (SSSR count). The Morgan fingerprint density at radius 2 is 1.81 bits per heavy atom. The lowest BCUT2D eigenvalue weighted by Gasteiger charge is -2.55. The molecule has 8 heteroatoms. The van der Waals surface area contributed by atoms with Crippen LogP contribution in [0.25, 0.3) is 0 Å². The van der Waals surface area contributed by atoms with E-state index in [0.29, 0.717) is 48.1 Å². The van der Waals surface area contributed by atoms with E-state index in [1.54, 1.807) is 0 Å². The molecule has 0 radical (unpaired) electrons. The molecule has 4 aliphatic carbocycles. The first-order valence-corrected chi connectivity index (χ1v) is 13.8. The van der Waals surface area contributed by atoms with E-state index in [9.17, 15) is 22.8 Å². The van der Waals surface area contributed by atoms with Crippen molar-refractivity contribution in [3.05, 3.63) is 11.6 Å². The summed E-state index contributed by atoms with van der Waals surface area (Å²) in [5.41, 5.74) is 1.77. The van der Waals surface area contributed by atoms with E-state index in [-0.39, 0.29) is 6.04 Å². The number of hydrogen-bond donors (Lipinski definition) is 0. The number of alkyl halides is 3. The van der Waals surface area contributed by atoms with Gasteiger partial charge in [-0.15, -0.1) is 0 Å². The van der Waals surface area contributed by atoms with Gasteiger partial charge in [0.15, 0.2) is 0 Å². The van der Waals surface area contributed by atoms with Crippen molar-refractivity contribution in [2.45, 2.75) is 103 Å². The Hall–Kier alpha value is -1.57. The third-order valence-electron chi connectivity index (χ3n) is 11.4. The van der Waals surface area contributed by atoms with Crippen LogP contribution in [0, 0.1) is 35.0 Å². The Labute approximate surface area is 212 Å². The fourth-order valence-electron chi connectivity index (χ4n) is 9.67. The Balaban J connectivity index is 1.31. The lowest BCUT2D eigenvalue weighted by atomic mass is 9.50. The lowest BCUT2D eigenvalue weighted by Crippen LogP contribution is -2.53. The monoisotopic (exact) mass is 510 g/mol. The van der Waals surface area contributed by atoms with Gasteiger partial charge in [-0.25, -0.2) is 0 Å². The topological polar surface area (TPSA) is 49.9 Å². The van der Waals surface area contributed by atoms with Gasteiger partial charge in [-0.1, -0.05) is 11.6 Å². The maximum Gasteiger partial charge on any atom is 0.434 e. The predicted molar refractivity (Wildman–Crippen MR) is 130 cm³/mol. The summed E-state index contributed by atoms with van der Waals surface area (Å²) in [6.07, 6.45) is 3.20. The summed E-state index contributed by atoms with van der Waals surface area (Å²) in [5, 5.41) is 0. The van der Waals surface area contributed by atoms with Crippen LogP contribution in [-0.4, -0.2) is 66.2 Å². The Bertz CT molecular complexity index is 935. The van der Waals surface area contributed by atoms with E-state index >= 15 is 0 Å². The zero-order valence-corrected chi connectivity index (χ0v) is 22.2. The van der Waals surface area contributed by atoms with E-state index in [2.05, 4.69) is 36.6 Å². The second-order valence-electron chi connectivity index (χ2n) is 12.4. The fourth-order valence-corrected chi connectivity index (χ4v) is 9.67. The fraction of sp³-hybridized carbons (Fsp3) is 0.857. The van der Waals surface area contributed by atoms with Crippen molar-refractivity contribution in [3.63, 3.8) is 0 Å². The Morgan fingerprint density at radius 1 is 1.11 bits per heavy atom. The quantitative estimate of drug-likeness (QED) is 0.387. The molecule has 0 aromatic carbocycles. The van der Waals surface area contributed by atoms with Gasteiger partial charge in [0.05, 0.1) is 0 Å². The minimum atomic E-state index is -4.92. The maximum absolute atomic E-state index is 13.4. The number of carbonyl (C=O) groups is 2. The number of carbonyl (C=O) groups excluding carboxylic acids is 2. The number of nitrogens with zero attached hydrogens (tertiary/aromatic N) is 2. The molecule has 5 aliphatic rings. The van der Waals surface area contributed by atoms with Crippen LogP contribution in [-0.2, 0) is 14.3 Å². The molecule has 9 unspecified atom stereocenters. The number of amides is 1. The van der Waals surface area contributed by atoms with E-state index < -0.39 is 24.2 Å². The highest BCUT2D eigenvalue weighted by Crippen LogP contribution is 2.68. The SMILES string of the molecule is CC(=O)OC(C(=O)N(C)C1CCC2C(=CCC3C2CCC24C3CCC2C(C)N(C)[C@H]4C)C1)C(F)(F)F. The van der Waals surface area contributed by atoms with Crippen molar-refractivity contribution in [1.29, 1.82) is 0 Å². The van der Waals surface area contributed by atoms with Crippen LogP contribution in [0.3, 0.4) is 0 Å². The van der Waals surface area contributed by atoms with Gasteiger partial charge in [-0.05, 0) is 107 Å². The van der Waals surface area contributed by atoms with Crippen LogP contribution in [0.15, 0.2) is 11.6 Å².